The van der Waals surface area contributed by atoms with Crippen molar-refractivity contribution in [2.45, 2.75) is 33.4 Å². The average Bonchev–Trinajstić information content (AvgIpc) is 3.37. The molecule has 0 N–H and O–H groups in total. The van der Waals surface area contributed by atoms with Gasteiger partial charge in [-0.25, -0.2) is 4.99 Å². The number of nitrogens with zero attached hydrogens (tertiary/aromatic N) is 3. The van der Waals surface area contributed by atoms with E-state index in [1.807, 2.05) is 75.4 Å². The molecule has 240 valence electrons. The molecular formula is C35H36IN3O6S. The van der Waals surface area contributed by atoms with Crippen molar-refractivity contribution in [2.75, 3.05) is 34.4 Å². The second-order valence-electron chi connectivity index (χ2n) is 10.5. The van der Waals surface area contributed by atoms with E-state index in [1.165, 1.54) is 11.3 Å². The summed E-state index contributed by atoms with van der Waals surface area (Å²) in [6.07, 6.45) is 1.82. The summed E-state index contributed by atoms with van der Waals surface area (Å²) in [4.78, 5) is 35.3. The van der Waals surface area contributed by atoms with Gasteiger partial charge in [0.2, 0.25) is 0 Å². The fourth-order valence-electron chi connectivity index (χ4n) is 5.47. The Bertz CT molecular complexity index is 1960. The van der Waals surface area contributed by atoms with Crippen LogP contribution in [-0.2, 0) is 11.4 Å². The first-order valence-corrected chi connectivity index (χ1v) is 16.7. The number of carbonyl (C=O) groups is 1. The van der Waals surface area contributed by atoms with Gasteiger partial charge in [0, 0.05) is 18.7 Å². The Kier molecular flexibility index (Phi) is 10.5. The number of hydrogen-bond acceptors (Lipinski definition) is 8. The van der Waals surface area contributed by atoms with Crippen LogP contribution in [0.2, 0.25) is 0 Å². The molecule has 11 heteroatoms. The topological polar surface area (TPSA) is 91.6 Å². The zero-order chi connectivity index (χ0) is 33.0. The van der Waals surface area contributed by atoms with Gasteiger partial charge in [0.05, 0.1) is 40.7 Å². The number of ether oxygens (including phenoxy) is 4. The Morgan fingerprint density at radius 1 is 1.00 bits per heavy atom. The van der Waals surface area contributed by atoms with Crippen LogP contribution in [0.15, 0.2) is 81.7 Å². The second-order valence-corrected chi connectivity index (χ2v) is 12.6. The van der Waals surface area contributed by atoms with Gasteiger partial charge in [-0.3, -0.25) is 14.2 Å². The molecule has 0 fully saturated rings. The first-order valence-electron chi connectivity index (χ1n) is 14.8. The van der Waals surface area contributed by atoms with E-state index in [2.05, 4.69) is 22.6 Å². The highest BCUT2D eigenvalue weighted by molar-refractivity contribution is 14.1. The molecule has 2 heterocycles. The molecule has 0 saturated carbocycles. The molecule has 0 aliphatic carbocycles. The standard InChI is InChI=1S/C35H36IN3O6S/c1-7-38(8-2)34(41)30-21(3)37-35-39(31(30)25-19-24(42-4)14-15-27(25)43-5)33(40)29(46-35)18-23-16-26(36)32(28(17-23)44-6)45-20-22-12-10-9-11-13-22/h9-19,31H,7-8,20H2,1-6H3/b29-18+/t31-/m0/s1. The zero-order valence-electron chi connectivity index (χ0n) is 26.6. The van der Waals surface area contributed by atoms with Crippen LogP contribution < -0.4 is 33.8 Å². The monoisotopic (exact) mass is 753 g/mol. The van der Waals surface area contributed by atoms with E-state index in [0.29, 0.717) is 68.9 Å². The first kappa shape index (κ1) is 33.3. The predicted molar refractivity (Wildman–Crippen MR) is 188 cm³/mol. The lowest BCUT2D eigenvalue weighted by Gasteiger charge is -2.30. The van der Waals surface area contributed by atoms with Crippen LogP contribution in [-0.4, -0.2) is 49.8 Å². The van der Waals surface area contributed by atoms with E-state index in [-0.39, 0.29) is 11.5 Å². The third-order valence-electron chi connectivity index (χ3n) is 7.81. The SMILES string of the molecule is CCN(CC)C(=O)C1=C(C)N=c2s/c(=C/c3cc(I)c(OCc4ccccc4)c(OC)c3)c(=O)n2[C@H]1c1cc(OC)ccc1OC. The van der Waals surface area contributed by atoms with Crippen molar-refractivity contribution in [3.63, 3.8) is 0 Å². The van der Waals surface area contributed by atoms with Crippen LogP contribution in [0.1, 0.15) is 43.5 Å². The van der Waals surface area contributed by atoms with Crippen LogP contribution in [0.3, 0.4) is 0 Å². The number of allylic oxidation sites excluding steroid dienone is 1. The lowest BCUT2D eigenvalue weighted by molar-refractivity contribution is -0.127. The zero-order valence-corrected chi connectivity index (χ0v) is 29.6. The molecule has 9 nitrogen and oxygen atoms in total. The summed E-state index contributed by atoms with van der Waals surface area (Å²) in [7, 11) is 4.74. The van der Waals surface area contributed by atoms with Crippen molar-refractivity contribution in [2.24, 2.45) is 4.99 Å². The van der Waals surface area contributed by atoms with Crippen molar-refractivity contribution >= 4 is 45.9 Å². The Morgan fingerprint density at radius 3 is 2.37 bits per heavy atom. The third-order valence-corrected chi connectivity index (χ3v) is 9.59. The van der Waals surface area contributed by atoms with Gasteiger partial charge in [-0.2, -0.15) is 0 Å². The molecule has 46 heavy (non-hydrogen) atoms. The number of benzene rings is 3. The summed E-state index contributed by atoms with van der Waals surface area (Å²) in [5.41, 5.74) is 3.15. The van der Waals surface area contributed by atoms with Crippen LogP contribution in [0.5, 0.6) is 23.0 Å². The van der Waals surface area contributed by atoms with E-state index in [9.17, 15) is 9.59 Å². The van der Waals surface area contributed by atoms with Crippen molar-refractivity contribution in [1.82, 2.24) is 9.47 Å². The smallest absolute Gasteiger partial charge is 0.271 e. The third kappa shape index (κ3) is 6.57. The highest BCUT2D eigenvalue weighted by Crippen LogP contribution is 2.38. The molecule has 0 unspecified atom stereocenters. The van der Waals surface area contributed by atoms with Crippen molar-refractivity contribution in [1.29, 1.82) is 0 Å². The quantitative estimate of drug-likeness (QED) is 0.193. The average molecular weight is 754 g/mol. The summed E-state index contributed by atoms with van der Waals surface area (Å²) >= 11 is 3.49. The van der Waals surface area contributed by atoms with Gasteiger partial charge in [0.25, 0.3) is 11.5 Å². The van der Waals surface area contributed by atoms with Crippen molar-refractivity contribution < 1.29 is 23.7 Å². The molecule has 1 amide bonds. The van der Waals surface area contributed by atoms with Crippen LogP contribution in [0.25, 0.3) is 6.08 Å². The van der Waals surface area contributed by atoms with E-state index in [0.717, 1.165) is 14.7 Å². The summed E-state index contributed by atoms with van der Waals surface area (Å²) in [5.74, 6) is 2.12. The van der Waals surface area contributed by atoms with Crippen LogP contribution >= 0.6 is 33.9 Å². The fourth-order valence-corrected chi connectivity index (χ4v) is 7.30. The molecule has 0 saturated heterocycles. The number of rotatable bonds is 11. The number of thiazole rings is 1. The number of halogens is 1. The second kappa shape index (κ2) is 14.5. The molecule has 1 aliphatic heterocycles. The van der Waals surface area contributed by atoms with Gasteiger partial charge in [-0.1, -0.05) is 41.7 Å². The van der Waals surface area contributed by atoms with Crippen molar-refractivity contribution in [3.8, 4) is 23.0 Å². The Hall–Kier alpha value is -4.10. The number of methoxy groups -OCH3 is 3. The maximum Gasteiger partial charge on any atom is 0.271 e. The summed E-state index contributed by atoms with van der Waals surface area (Å²) in [6.45, 7) is 7.11. The molecule has 1 atom stereocenters. The Morgan fingerprint density at radius 2 is 1.72 bits per heavy atom. The van der Waals surface area contributed by atoms with Gasteiger partial charge < -0.3 is 23.8 Å². The molecule has 1 aliphatic rings. The first-order chi connectivity index (χ1) is 22.2. The highest BCUT2D eigenvalue weighted by atomic mass is 127. The van der Waals surface area contributed by atoms with E-state index < -0.39 is 6.04 Å². The summed E-state index contributed by atoms with van der Waals surface area (Å²) < 4.78 is 26.0. The number of carbonyl (C=O) groups excluding carboxylic acids is 1. The summed E-state index contributed by atoms with van der Waals surface area (Å²) in [5, 5.41) is 0. The van der Waals surface area contributed by atoms with E-state index in [4.69, 9.17) is 23.9 Å². The van der Waals surface area contributed by atoms with Gasteiger partial charge >= 0.3 is 0 Å². The van der Waals surface area contributed by atoms with Gasteiger partial charge in [-0.05, 0) is 90.9 Å². The number of aromatic nitrogens is 1. The van der Waals surface area contributed by atoms with Crippen LogP contribution in [0, 0.1) is 3.57 Å². The van der Waals surface area contributed by atoms with Crippen LogP contribution in [0.4, 0.5) is 0 Å². The molecule has 0 bridgehead atoms. The molecule has 0 radical (unpaired) electrons. The minimum Gasteiger partial charge on any atom is -0.497 e. The summed E-state index contributed by atoms with van der Waals surface area (Å²) in [6, 6.07) is 18.3. The van der Waals surface area contributed by atoms with Gasteiger partial charge in [-0.15, -0.1) is 0 Å². The predicted octanol–water partition coefficient (Wildman–Crippen LogP) is 5.31. The lowest BCUT2D eigenvalue weighted by atomic mass is 9.93. The molecule has 4 aromatic rings. The minimum atomic E-state index is -0.778. The number of likely N-dealkylation sites (N-methyl/N-ethyl adjacent to an activating group) is 1. The number of amides is 1. The molecule has 3 aromatic carbocycles. The maximum atomic E-state index is 14.3. The molecular weight excluding hydrogens is 717 g/mol. The highest BCUT2D eigenvalue weighted by Gasteiger charge is 2.36. The van der Waals surface area contributed by atoms with Gasteiger partial charge in [0.1, 0.15) is 24.1 Å². The van der Waals surface area contributed by atoms with E-state index in [1.54, 1.807) is 42.9 Å². The number of hydrogen-bond donors (Lipinski definition) is 0. The Labute approximate surface area is 285 Å². The van der Waals surface area contributed by atoms with E-state index >= 15 is 0 Å². The largest absolute Gasteiger partial charge is 0.497 e. The minimum absolute atomic E-state index is 0.180. The normalized spacial score (nSPS) is 14.4. The number of fused-ring (bicyclic) bond motifs is 1. The fraction of sp³-hybridized carbons (Fsp3) is 0.286. The Balaban J connectivity index is 1.65. The van der Waals surface area contributed by atoms with Crippen molar-refractivity contribution in [3.05, 3.63) is 112 Å². The molecule has 0 spiro atoms. The molecule has 1 aromatic heterocycles. The lowest BCUT2D eigenvalue weighted by Crippen LogP contribution is -2.43. The maximum absolute atomic E-state index is 14.3. The van der Waals surface area contributed by atoms with Gasteiger partial charge in [0.15, 0.2) is 16.3 Å². The molecule has 5 rings (SSSR count).